The summed E-state index contributed by atoms with van der Waals surface area (Å²) in [5, 5.41) is 5.49. The van der Waals surface area contributed by atoms with Gasteiger partial charge in [-0.3, -0.25) is 0 Å². The number of anilines is 1. The van der Waals surface area contributed by atoms with Crippen molar-refractivity contribution in [1.82, 2.24) is 0 Å². The standard InChI is InChI=1S/C20H15Cl4NO/c21-15-5-3-4-13(8-15)12-26-20-17(23)9-14(10-18(20)24)11-25-19-7-2-1-6-16(19)22/h1-10,25H,11-12H2. The minimum Gasteiger partial charge on any atom is -0.486 e. The lowest BCUT2D eigenvalue weighted by atomic mass is 10.2. The van der Waals surface area contributed by atoms with Crippen LogP contribution in [0.3, 0.4) is 0 Å². The Morgan fingerprint density at radius 3 is 2.15 bits per heavy atom. The third-order valence-corrected chi connectivity index (χ3v) is 4.81. The van der Waals surface area contributed by atoms with E-state index in [1.807, 2.05) is 60.7 Å². The summed E-state index contributed by atoms with van der Waals surface area (Å²) >= 11 is 24.8. The SMILES string of the molecule is Clc1cccc(COc2c(Cl)cc(CNc3ccccc3Cl)cc2Cl)c1. The van der Waals surface area contributed by atoms with Gasteiger partial charge in [0.1, 0.15) is 6.61 Å². The zero-order valence-corrected chi connectivity index (χ0v) is 16.6. The summed E-state index contributed by atoms with van der Waals surface area (Å²) in [5.74, 6) is 0.454. The summed E-state index contributed by atoms with van der Waals surface area (Å²) in [5.41, 5.74) is 2.71. The van der Waals surface area contributed by atoms with Crippen LogP contribution in [0.5, 0.6) is 5.75 Å². The fraction of sp³-hybridized carbons (Fsp3) is 0.100. The molecule has 3 aromatic rings. The monoisotopic (exact) mass is 425 g/mol. The molecule has 1 N–H and O–H groups in total. The van der Waals surface area contributed by atoms with Crippen LogP contribution in [-0.4, -0.2) is 0 Å². The van der Waals surface area contributed by atoms with E-state index in [4.69, 9.17) is 51.1 Å². The van der Waals surface area contributed by atoms with Crippen LogP contribution in [0.25, 0.3) is 0 Å². The maximum absolute atomic E-state index is 6.36. The number of nitrogens with one attached hydrogen (secondary N) is 1. The lowest BCUT2D eigenvalue weighted by molar-refractivity contribution is 0.306. The summed E-state index contributed by atoms with van der Waals surface area (Å²) in [4.78, 5) is 0. The Labute approximate surface area is 172 Å². The Balaban J connectivity index is 1.69. The van der Waals surface area contributed by atoms with Crippen LogP contribution >= 0.6 is 46.4 Å². The van der Waals surface area contributed by atoms with Gasteiger partial charge < -0.3 is 10.1 Å². The molecule has 0 atom stereocenters. The molecular weight excluding hydrogens is 412 g/mol. The van der Waals surface area contributed by atoms with Gasteiger partial charge in [0.25, 0.3) is 0 Å². The van der Waals surface area contributed by atoms with Crippen LogP contribution in [0, 0.1) is 0 Å². The predicted octanol–water partition coefficient (Wildman–Crippen LogP) is 7.49. The first-order valence-electron chi connectivity index (χ1n) is 7.86. The molecule has 134 valence electrons. The zero-order valence-electron chi connectivity index (χ0n) is 13.6. The van der Waals surface area contributed by atoms with Gasteiger partial charge in [-0.1, -0.05) is 70.7 Å². The first kappa shape index (κ1) is 19.2. The van der Waals surface area contributed by atoms with E-state index in [0.29, 0.717) is 39.0 Å². The molecule has 6 heteroatoms. The molecule has 0 aliphatic carbocycles. The molecular formula is C20H15Cl4NO. The van der Waals surface area contributed by atoms with Gasteiger partial charge in [-0.2, -0.15) is 0 Å². The van der Waals surface area contributed by atoms with E-state index in [-0.39, 0.29) is 0 Å². The summed E-state index contributed by atoms with van der Waals surface area (Å²) < 4.78 is 5.78. The molecule has 0 saturated heterocycles. The Hall–Kier alpha value is -1.58. The van der Waals surface area contributed by atoms with Crippen molar-refractivity contribution < 1.29 is 4.74 Å². The van der Waals surface area contributed by atoms with Crippen molar-refractivity contribution in [2.24, 2.45) is 0 Å². The van der Waals surface area contributed by atoms with Gasteiger partial charge in [0.15, 0.2) is 5.75 Å². The van der Waals surface area contributed by atoms with E-state index >= 15 is 0 Å². The van der Waals surface area contributed by atoms with Crippen molar-refractivity contribution in [2.45, 2.75) is 13.2 Å². The average Bonchev–Trinajstić information content (AvgIpc) is 2.60. The van der Waals surface area contributed by atoms with E-state index in [9.17, 15) is 0 Å². The molecule has 26 heavy (non-hydrogen) atoms. The highest BCUT2D eigenvalue weighted by Gasteiger charge is 2.11. The van der Waals surface area contributed by atoms with Crippen molar-refractivity contribution in [3.63, 3.8) is 0 Å². The maximum atomic E-state index is 6.36. The third-order valence-electron chi connectivity index (χ3n) is 3.69. The second-order valence-corrected chi connectivity index (χ2v) is 7.30. The van der Waals surface area contributed by atoms with E-state index in [1.54, 1.807) is 0 Å². The second kappa shape index (κ2) is 8.88. The highest BCUT2D eigenvalue weighted by atomic mass is 35.5. The molecule has 0 unspecified atom stereocenters. The predicted molar refractivity (Wildman–Crippen MR) is 111 cm³/mol. The van der Waals surface area contributed by atoms with Crippen LogP contribution < -0.4 is 10.1 Å². The summed E-state index contributed by atoms with van der Waals surface area (Å²) in [6.45, 7) is 0.870. The van der Waals surface area contributed by atoms with Gasteiger partial charge >= 0.3 is 0 Å². The minimum atomic E-state index is 0.331. The molecule has 0 bridgehead atoms. The highest BCUT2D eigenvalue weighted by molar-refractivity contribution is 6.37. The number of rotatable bonds is 6. The molecule has 0 aromatic heterocycles. The second-order valence-electron chi connectivity index (χ2n) is 5.64. The maximum Gasteiger partial charge on any atom is 0.156 e. The van der Waals surface area contributed by atoms with Crippen LogP contribution in [0.15, 0.2) is 60.7 Å². The normalized spacial score (nSPS) is 10.6. The van der Waals surface area contributed by atoms with E-state index in [1.165, 1.54) is 0 Å². The molecule has 3 rings (SSSR count). The molecule has 2 nitrogen and oxygen atoms in total. The van der Waals surface area contributed by atoms with Gasteiger partial charge in [-0.25, -0.2) is 0 Å². The van der Waals surface area contributed by atoms with Gasteiger partial charge in [-0.15, -0.1) is 0 Å². The average molecular weight is 427 g/mol. The van der Waals surface area contributed by atoms with E-state index in [0.717, 1.165) is 16.8 Å². The van der Waals surface area contributed by atoms with E-state index in [2.05, 4.69) is 5.32 Å². The number of para-hydroxylation sites is 1. The molecule has 0 heterocycles. The van der Waals surface area contributed by atoms with Gasteiger partial charge in [-0.05, 0) is 47.5 Å². The fourth-order valence-electron chi connectivity index (χ4n) is 2.44. The first-order valence-corrected chi connectivity index (χ1v) is 9.37. The largest absolute Gasteiger partial charge is 0.486 e. The molecule has 0 aliphatic heterocycles. The van der Waals surface area contributed by atoms with Gasteiger partial charge in [0.05, 0.1) is 20.8 Å². The Morgan fingerprint density at radius 1 is 0.731 bits per heavy atom. The third kappa shape index (κ3) is 4.99. The Kier molecular flexibility index (Phi) is 6.55. The Bertz CT molecular complexity index is 891. The van der Waals surface area contributed by atoms with Crippen molar-refractivity contribution >= 4 is 52.1 Å². The number of halogens is 4. The van der Waals surface area contributed by atoms with Crippen molar-refractivity contribution in [3.8, 4) is 5.75 Å². The van der Waals surface area contributed by atoms with Crippen molar-refractivity contribution in [2.75, 3.05) is 5.32 Å². The molecule has 0 aliphatic rings. The summed E-state index contributed by atoms with van der Waals surface area (Å²) in [7, 11) is 0. The quantitative estimate of drug-likeness (QED) is 0.440. The topological polar surface area (TPSA) is 21.3 Å². The van der Waals surface area contributed by atoms with Gasteiger partial charge in [0, 0.05) is 11.6 Å². The highest BCUT2D eigenvalue weighted by Crippen LogP contribution is 2.35. The number of benzene rings is 3. The molecule has 3 aromatic carbocycles. The lowest BCUT2D eigenvalue weighted by Gasteiger charge is -2.13. The molecule has 0 fully saturated rings. The number of ether oxygens (including phenoxy) is 1. The van der Waals surface area contributed by atoms with Crippen LogP contribution in [0.4, 0.5) is 5.69 Å². The lowest BCUT2D eigenvalue weighted by Crippen LogP contribution is -2.01. The number of hydrogen-bond acceptors (Lipinski definition) is 2. The smallest absolute Gasteiger partial charge is 0.156 e. The first-order chi connectivity index (χ1) is 12.5. The molecule has 0 spiro atoms. The zero-order chi connectivity index (χ0) is 18.5. The minimum absolute atomic E-state index is 0.331. The molecule has 0 amide bonds. The molecule has 0 saturated carbocycles. The van der Waals surface area contributed by atoms with Crippen LogP contribution in [0.1, 0.15) is 11.1 Å². The van der Waals surface area contributed by atoms with E-state index < -0.39 is 0 Å². The number of hydrogen-bond donors (Lipinski definition) is 1. The summed E-state index contributed by atoms with van der Waals surface area (Å²) in [6.07, 6.45) is 0. The fourth-order valence-corrected chi connectivity index (χ4v) is 3.49. The Morgan fingerprint density at radius 2 is 1.46 bits per heavy atom. The summed E-state index contributed by atoms with van der Waals surface area (Å²) in [6, 6.07) is 18.6. The van der Waals surface area contributed by atoms with Crippen LogP contribution in [0.2, 0.25) is 20.1 Å². The van der Waals surface area contributed by atoms with Gasteiger partial charge in [0.2, 0.25) is 0 Å². The van der Waals surface area contributed by atoms with Crippen LogP contribution in [-0.2, 0) is 13.2 Å². The van der Waals surface area contributed by atoms with Crippen molar-refractivity contribution in [1.29, 1.82) is 0 Å². The molecule has 0 radical (unpaired) electrons. The van der Waals surface area contributed by atoms with Crippen molar-refractivity contribution in [3.05, 3.63) is 91.9 Å².